The van der Waals surface area contributed by atoms with Crippen LogP contribution in [0.25, 0.3) is 0 Å². The zero-order chi connectivity index (χ0) is 12.6. The number of unbranched alkanes of at least 4 members (excludes halogenated alkanes) is 5. The summed E-state index contributed by atoms with van der Waals surface area (Å²) in [5.41, 5.74) is 3.21. The van der Waals surface area contributed by atoms with Crippen molar-refractivity contribution in [2.24, 2.45) is 5.73 Å². The number of hydrogen-bond acceptors (Lipinski definition) is 3. The van der Waals surface area contributed by atoms with Crippen LogP contribution in [0.4, 0.5) is 0 Å². The molecule has 0 bridgehead atoms. The molecular weight excluding hydrogens is 210 g/mol. The molecule has 0 saturated carbocycles. The van der Waals surface area contributed by atoms with E-state index in [-0.39, 0.29) is 6.42 Å². The van der Waals surface area contributed by atoms with E-state index in [0.29, 0.717) is 6.42 Å². The molecule has 16 heavy (non-hydrogen) atoms. The van der Waals surface area contributed by atoms with Gasteiger partial charge in [-0.25, -0.2) is 9.59 Å². The SMILES string of the molecule is CCCCCCCCC(N)(C(=O)O)C(=O)O. The lowest BCUT2D eigenvalue weighted by molar-refractivity contribution is -0.157. The third-order valence-electron chi connectivity index (χ3n) is 2.69. The summed E-state index contributed by atoms with van der Waals surface area (Å²) in [5.74, 6) is -2.93. The molecule has 94 valence electrons. The highest BCUT2D eigenvalue weighted by Gasteiger charge is 2.41. The van der Waals surface area contributed by atoms with Crippen LogP contribution in [-0.2, 0) is 9.59 Å². The smallest absolute Gasteiger partial charge is 0.335 e. The van der Waals surface area contributed by atoms with Crippen molar-refractivity contribution >= 4 is 11.9 Å². The van der Waals surface area contributed by atoms with Crippen molar-refractivity contribution in [3.63, 3.8) is 0 Å². The number of carboxylic acid groups (broad SMARTS) is 2. The maximum absolute atomic E-state index is 10.7. The van der Waals surface area contributed by atoms with E-state index in [0.717, 1.165) is 32.1 Å². The fraction of sp³-hybridized carbons (Fsp3) is 0.818. The Bertz CT molecular complexity index is 226. The Morgan fingerprint density at radius 1 is 1.00 bits per heavy atom. The van der Waals surface area contributed by atoms with Crippen molar-refractivity contribution in [3.05, 3.63) is 0 Å². The standard InChI is InChI=1S/C11H21NO4/c1-2-3-4-5-6-7-8-11(12,9(13)14)10(15)16/h2-8,12H2,1H3,(H,13,14)(H,15,16). The van der Waals surface area contributed by atoms with E-state index >= 15 is 0 Å². The molecule has 0 aliphatic carbocycles. The lowest BCUT2D eigenvalue weighted by Crippen LogP contribution is -2.54. The predicted molar refractivity (Wildman–Crippen MR) is 60.2 cm³/mol. The van der Waals surface area contributed by atoms with E-state index in [1.807, 2.05) is 0 Å². The minimum absolute atomic E-state index is 0.0101. The molecule has 0 amide bonds. The maximum Gasteiger partial charge on any atom is 0.335 e. The molecule has 0 saturated heterocycles. The fourth-order valence-electron chi connectivity index (χ4n) is 1.49. The maximum atomic E-state index is 10.7. The normalized spacial score (nSPS) is 11.4. The number of hydrogen-bond donors (Lipinski definition) is 3. The zero-order valence-electron chi connectivity index (χ0n) is 9.74. The first-order valence-corrected chi connectivity index (χ1v) is 5.70. The highest BCUT2D eigenvalue weighted by atomic mass is 16.4. The summed E-state index contributed by atoms with van der Waals surface area (Å²) in [6.45, 7) is 2.11. The van der Waals surface area contributed by atoms with Gasteiger partial charge in [0.25, 0.3) is 0 Å². The van der Waals surface area contributed by atoms with E-state index in [2.05, 4.69) is 6.92 Å². The zero-order valence-corrected chi connectivity index (χ0v) is 9.74. The third-order valence-corrected chi connectivity index (χ3v) is 2.69. The predicted octanol–water partition coefficient (Wildman–Crippen LogP) is 1.60. The monoisotopic (exact) mass is 231 g/mol. The number of carbonyl (C=O) groups is 2. The molecule has 0 heterocycles. The Morgan fingerprint density at radius 3 is 1.88 bits per heavy atom. The van der Waals surface area contributed by atoms with Gasteiger partial charge in [-0.1, -0.05) is 45.4 Å². The molecule has 0 atom stereocenters. The van der Waals surface area contributed by atoms with Gasteiger partial charge in [0.1, 0.15) is 0 Å². The molecule has 0 rings (SSSR count). The lowest BCUT2D eigenvalue weighted by atomic mass is 9.93. The van der Waals surface area contributed by atoms with Gasteiger partial charge in [-0.2, -0.15) is 0 Å². The largest absolute Gasteiger partial charge is 0.479 e. The Hall–Kier alpha value is -1.10. The Morgan fingerprint density at radius 2 is 1.44 bits per heavy atom. The molecule has 0 aromatic rings. The van der Waals surface area contributed by atoms with Crippen LogP contribution in [0.3, 0.4) is 0 Å². The molecule has 0 aliphatic rings. The van der Waals surface area contributed by atoms with Gasteiger partial charge in [-0.05, 0) is 6.42 Å². The first-order valence-electron chi connectivity index (χ1n) is 5.70. The topological polar surface area (TPSA) is 101 Å². The minimum atomic E-state index is -2.12. The van der Waals surface area contributed by atoms with Crippen molar-refractivity contribution in [1.29, 1.82) is 0 Å². The number of nitrogens with two attached hydrogens (primary N) is 1. The molecule has 0 fully saturated rings. The van der Waals surface area contributed by atoms with Crippen LogP contribution in [0.1, 0.15) is 51.9 Å². The summed E-state index contributed by atoms with van der Waals surface area (Å²) in [6.07, 6.45) is 5.77. The molecule has 0 aromatic heterocycles. The molecule has 0 spiro atoms. The van der Waals surface area contributed by atoms with E-state index in [4.69, 9.17) is 15.9 Å². The summed E-state index contributed by atoms with van der Waals surface area (Å²) in [7, 11) is 0. The highest BCUT2D eigenvalue weighted by molar-refractivity contribution is 6.02. The van der Waals surface area contributed by atoms with Gasteiger partial charge in [0.05, 0.1) is 0 Å². The van der Waals surface area contributed by atoms with Crippen LogP contribution in [0.15, 0.2) is 0 Å². The van der Waals surface area contributed by atoms with Gasteiger partial charge in [0, 0.05) is 0 Å². The molecule has 0 unspecified atom stereocenters. The summed E-state index contributed by atoms with van der Waals surface area (Å²) < 4.78 is 0. The van der Waals surface area contributed by atoms with Crippen LogP contribution in [0.2, 0.25) is 0 Å². The third kappa shape index (κ3) is 4.61. The van der Waals surface area contributed by atoms with Gasteiger partial charge in [-0.3, -0.25) is 0 Å². The van der Waals surface area contributed by atoms with Gasteiger partial charge >= 0.3 is 11.9 Å². The molecule has 5 heteroatoms. The summed E-state index contributed by atoms with van der Waals surface area (Å²) in [6, 6.07) is 0. The molecule has 5 nitrogen and oxygen atoms in total. The van der Waals surface area contributed by atoms with Crippen molar-refractivity contribution < 1.29 is 19.8 Å². The van der Waals surface area contributed by atoms with E-state index in [1.54, 1.807) is 0 Å². The number of rotatable bonds is 9. The van der Waals surface area contributed by atoms with Gasteiger partial charge in [-0.15, -0.1) is 0 Å². The molecule has 0 aromatic carbocycles. The summed E-state index contributed by atoms with van der Waals surface area (Å²) in [5, 5.41) is 17.5. The first-order chi connectivity index (χ1) is 7.45. The average molecular weight is 231 g/mol. The molecule has 4 N–H and O–H groups in total. The van der Waals surface area contributed by atoms with Crippen molar-refractivity contribution in [2.75, 3.05) is 0 Å². The van der Waals surface area contributed by atoms with Crippen molar-refractivity contribution in [1.82, 2.24) is 0 Å². The van der Waals surface area contributed by atoms with Crippen LogP contribution in [0, 0.1) is 0 Å². The number of carboxylic acids is 2. The summed E-state index contributed by atoms with van der Waals surface area (Å²) >= 11 is 0. The van der Waals surface area contributed by atoms with Crippen LogP contribution in [0.5, 0.6) is 0 Å². The second-order valence-electron chi connectivity index (χ2n) is 4.10. The lowest BCUT2D eigenvalue weighted by Gasteiger charge is -2.19. The second-order valence-corrected chi connectivity index (χ2v) is 4.10. The Kier molecular flexibility index (Phi) is 6.72. The average Bonchev–Trinajstić information content (AvgIpc) is 2.22. The second kappa shape index (κ2) is 7.22. The van der Waals surface area contributed by atoms with E-state index in [9.17, 15) is 9.59 Å². The van der Waals surface area contributed by atoms with Gasteiger partial charge < -0.3 is 15.9 Å². The fourth-order valence-corrected chi connectivity index (χ4v) is 1.49. The number of aliphatic carboxylic acids is 2. The van der Waals surface area contributed by atoms with Crippen molar-refractivity contribution in [3.8, 4) is 0 Å². The molecular formula is C11H21NO4. The minimum Gasteiger partial charge on any atom is -0.479 e. The van der Waals surface area contributed by atoms with E-state index in [1.165, 1.54) is 0 Å². The van der Waals surface area contributed by atoms with Gasteiger partial charge in [0.15, 0.2) is 0 Å². The summed E-state index contributed by atoms with van der Waals surface area (Å²) in [4.78, 5) is 21.4. The van der Waals surface area contributed by atoms with Gasteiger partial charge in [0.2, 0.25) is 5.54 Å². The van der Waals surface area contributed by atoms with Crippen LogP contribution in [-0.4, -0.2) is 27.7 Å². The van der Waals surface area contributed by atoms with Crippen LogP contribution < -0.4 is 5.73 Å². The molecule has 0 radical (unpaired) electrons. The Labute approximate surface area is 95.6 Å². The quantitative estimate of drug-likeness (QED) is 0.413. The van der Waals surface area contributed by atoms with E-state index < -0.39 is 17.5 Å². The van der Waals surface area contributed by atoms with Crippen LogP contribution >= 0.6 is 0 Å². The first kappa shape index (κ1) is 14.9. The Balaban J connectivity index is 3.88. The highest BCUT2D eigenvalue weighted by Crippen LogP contribution is 2.15. The molecule has 0 aliphatic heterocycles. The van der Waals surface area contributed by atoms with Crippen molar-refractivity contribution in [2.45, 2.75) is 57.4 Å².